The number of ether oxygens (including phenoxy) is 2. The highest BCUT2D eigenvalue weighted by molar-refractivity contribution is 5.72. The van der Waals surface area contributed by atoms with Crippen molar-refractivity contribution >= 4 is 5.97 Å². The van der Waals surface area contributed by atoms with Crippen LogP contribution in [0, 0.1) is 17.6 Å². The van der Waals surface area contributed by atoms with Crippen LogP contribution in [0.25, 0.3) is 0 Å². The van der Waals surface area contributed by atoms with Crippen molar-refractivity contribution in [2.24, 2.45) is 5.92 Å². The molecule has 1 aliphatic heterocycles. The second kappa shape index (κ2) is 8.23. The van der Waals surface area contributed by atoms with Crippen LogP contribution in [0.2, 0.25) is 0 Å². The summed E-state index contributed by atoms with van der Waals surface area (Å²) in [6.45, 7) is 2.84. The molecule has 1 aromatic rings. The monoisotopic (exact) mass is 353 g/mol. The van der Waals surface area contributed by atoms with Crippen LogP contribution in [0.1, 0.15) is 50.7 Å². The molecule has 2 fully saturated rings. The van der Waals surface area contributed by atoms with E-state index in [0.717, 1.165) is 38.2 Å². The number of nitrogens with one attached hydrogen (secondary N) is 1. The largest absolute Gasteiger partial charge is 0.466 e. The average molecular weight is 353 g/mol. The van der Waals surface area contributed by atoms with Crippen LogP contribution in [0.4, 0.5) is 8.78 Å². The van der Waals surface area contributed by atoms with E-state index in [1.807, 2.05) is 6.92 Å². The van der Waals surface area contributed by atoms with Gasteiger partial charge < -0.3 is 14.8 Å². The predicted octanol–water partition coefficient (Wildman–Crippen LogP) is 3.51. The Bertz CT molecular complexity index is 602. The molecule has 2 aliphatic rings. The number of carbonyl (C=O) groups is 1. The number of hydrogen-bond donors (Lipinski definition) is 1. The molecule has 0 amide bonds. The lowest BCUT2D eigenvalue weighted by Gasteiger charge is -2.31. The van der Waals surface area contributed by atoms with E-state index in [-0.39, 0.29) is 24.0 Å². The summed E-state index contributed by atoms with van der Waals surface area (Å²) in [5.74, 6) is -1.78. The Morgan fingerprint density at radius 3 is 2.64 bits per heavy atom. The summed E-state index contributed by atoms with van der Waals surface area (Å²) in [5.41, 5.74) is 0.661. The second-order valence-corrected chi connectivity index (χ2v) is 6.83. The topological polar surface area (TPSA) is 47.6 Å². The number of benzene rings is 1. The van der Waals surface area contributed by atoms with Gasteiger partial charge in [-0.15, -0.1) is 0 Å². The predicted molar refractivity (Wildman–Crippen MR) is 89.0 cm³/mol. The van der Waals surface area contributed by atoms with Crippen LogP contribution in [0.15, 0.2) is 18.2 Å². The molecule has 1 N–H and O–H groups in total. The van der Waals surface area contributed by atoms with Gasteiger partial charge in [-0.1, -0.05) is 6.07 Å². The third-order valence-electron chi connectivity index (χ3n) is 5.16. The average Bonchev–Trinajstić information content (AvgIpc) is 3.06. The molecule has 3 rings (SSSR count). The zero-order valence-electron chi connectivity index (χ0n) is 14.5. The van der Waals surface area contributed by atoms with Gasteiger partial charge in [0.15, 0.2) is 11.6 Å². The standard InChI is InChI=1S/C19H25F2NO3/c1-2-24-19(23)12-3-6-14(7-4-12)22-17-9-10-25-18(17)13-5-8-15(20)16(21)11-13/h5,8,11-12,14,17-18,22H,2-4,6-7,9-10H2,1H3/t12?,14?,17-,18+/m1/s1. The zero-order chi connectivity index (χ0) is 17.8. The van der Waals surface area contributed by atoms with E-state index in [9.17, 15) is 13.6 Å². The van der Waals surface area contributed by atoms with Gasteiger partial charge in [-0.25, -0.2) is 8.78 Å². The van der Waals surface area contributed by atoms with Crippen molar-refractivity contribution in [3.63, 3.8) is 0 Å². The molecule has 1 heterocycles. The molecule has 1 saturated carbocycles. The van der Waals surface area contributed by atoms with Gasteiger partial charge in [0.1, 0.15) is 0 Å². The second-order valence-electron chi connectivity index (χ2n) is 6.83. The lowest BCUT2D eigenvalue weighted by molar-refractivity contribution is -0.149. The first kappa shape index (κ1) is 18.3. The molecular formula is C19H25F2NO3. The van der Waals surface area contributed by atoms with E-state index in [1.54, 1.807) is 6.07 Å². The van der Waals surface area contributed by atoms with Gasteiger partial charge in [0.2, 0.25) is 0 Å². The third-order valence-corrected chi connectivity index (χ3v) is 5.16. The Hall–Kier alpha value is -1.53. The summed E-state index contributed by atoms with van der Waals surface area (Å²) in [5, 5.41) is 3.60. The first-order valence-electron chi connectivity index (χ1n) is 9.07. The molecule has 0 unspecified atom stereocenters. The number of carbonyl (C=O) groups excluding carboxylic acids is 1. The summed E-state index contributed by atoms with van der Waals surface area (Å²) < 4.78 is 37.5. The minimum absolute atomic E-state index is 0.000167. The fourth-order valence-corrected chi connectivity index (χ4v) is 3.84. The minimum Gasteiger partial charge on any atom is -0.466 e. The zero-order valence-corrected chi connectivity index (χ0v) is 14.5. The molecule has 2 atom stereocenters. The summed E-state index contributed by atoms with van der Waals surface area (Å²) in [4.78, 5) is 11.8. The van der Waals surface area contributed by atoms with E-state index in [0.29, 0.717) is 24.8 Å². The van der Waals surface area contributed by atoms with E-state index in [1.165, 1.54) is 6.07 Å². The molecule has 1 saturated heterocycles. The minimum atomic E-state index is -0.846. The van der Waals surface area contributed by atoms with E-state index >= 15 is 0 Å². The molecule has 1 aliphatic carbocycles. The van der Waals surface area contributed by atoms with Gasteiger partial charge in [0, 0.05) is 18.7 Å². The molecule has 1 aromatic carbocycles. The first-order chi connectivity index (χ1) is 12.1. The normalized spacial score (nSPS) is 29.6. The van der Waals surface area contributed by atoms with Crippen molar-refractivity contribution in [2.75, 3.05) is 13.2 Å². The van der Waals surface area contributed by atoms with Gasteiger partial charge in [0.25, 0.3) is 0 Å². The Labute approximate surface area is 146 Å². The molecule has 0 radical (unpaired) electrons. The number of halogens is 2. The van der Waals surface area contributed by atoms with Crippen molar-refractivity contribution in [1.29, 1.82) is 0 Å². The van der Waals surface area contributed by atoms with Crippen LogP contribution >= 0.6 is 0 Å². The number of esters is 1. The van der Waals surface area contributed by atoms with Crippen molar-refractivity contribution in [1.82, 2.24) is 5.32 Å². The van der Waals surface area contributed by atoms with E-state index in [2.05, 4.69) is 5.32 Å². The Kier molecular flexibility index (Phi) is 6.02. The summed E-state index contributed by atoms with van der Waals surface area (Å²) in [6, 6.07) is 4.34. The van der Waals surface area contributed by atoms with Crippen molar-refractivity contribution < 1.29 is 23.0 Å². The summed E-state index contributed by atoms with van der Waals surface area (Å²) in [6.07, 6.45) is 4.02. The van der Waals surface area contributed by atoms with Crippen LogP contribution in [-0.4, -0.2) is 31.3 Å². The number of rotatable bonds is 5. The smallest absolute Gasteiger partial charge is 0.308 e. The third kappa shape index (κ3) is 4.36. The highest BCUT2D eigenvalue weighted by Crippen LogP contribution is 2.32. The molecule has 25 heavy (non-hydrogen) atoms. The molecule has 0 spiro atoms. The van der Waals surface area contributed by atoms with Crippen molar-refractivity contribution in [3.05, 3.63) is 35.4 Å². The van der Waals surface area contributed by atoms with Gasteiger partial charge >= 0.3 is 5.97 Å². The molecule has 6 heteroatoms. The Balaban J connectivity index is 1.56. The Morgan fingerprint density at radius 2 is 1.96 bits per heavy atom. The van der Waals surface area contributed by atoms with Crippen molar-refractivity contribution in [3.8, 4) is 0 Å². The van der Waals surface area contributed by atoms with Gasteiger partial charge in [-0.2, -0.15) is 0 Å². The fraction of sp³-hybridized carbons (Fsp3) is 0.632. The highest BCUT2D eigenvalue weighted by atomic mass is 19.2. The lowest BCUT2D eigenvalue weighted by atomic mass is 9.85. The van der Waals surface area contributed by atoms with Gasteiger partial charge in [0.05, 0.1) is 18.6 Å². The van der Waals surface area contributed by atoms with Crippen LogP contribution < -0.4 is 5.32 Å². The molecule has 0 aromatic heterocycles. The van der Waals surface area contributed by atoms with E-state index in [4.69, 9.17) is 9.47 Å². The summed E-state index contributed by atoms with van der Waals surface area (Å²) in [7, 11) is 0. The van der Waals surface area contributed by atoms with Crippen molar-refractivity contribution in [2.45, 2.75) is 57.2 Å². The van der Waals surface area contributed by atoms with Crippen LogP contribution in [-0.2, 0) is 14.3 Å². The first-order valence-corrected chi connectivity index (χ1v) is 9.07. The van der Waals surface area contributed by atoms with Crippen LogP contribution in [0.5, 0.6) is 0 Å². The van der Waals surface area contributed by atoms with Gasteiger partial charge in [-0.3, -0.25) is 4.79 Å². The maximum absolute atomic E-state index is 13.5. The Morgan fingerprint density at radius 1 is 1.20 bits per heavy atom. The SMILES string of the molecule is CCOC(=O)C1CCC(N[C@@H]2CCO[C@H]2c2ccc(F)c(F)c2)CC1. The fourth-order valence-electron chi connectivity index (χ4n) is 3.84. The summed E-state index contributed by atoms with van der Waals surface area (Å²) >= 11 is 0. The maximum Gasteiger partial charge on any atom is 0.308 e. The quantitative estimate of drug-likeness (QED) is 0.823. The van der Waals surface area contributed by atoms with Gasteiger partial charge in [-0.05, 0) is 56.7 Å². The molecular weight excluding hydrogens is 328 g/mol. The number of hydrogen-bond acceptors (Lipinski definition) is 4. The molecule has 138 valence electrons. The van der Waals surface area contributed by atoms with Crippen LogP contribution in [0.3, 0.4) is 0 Å². The van der Waals surface area contributed by atoms with E-state index < -0.39 is 11.6 Å². The highest BCUT2D eigenvalue weighted by Gasteiger charge is 2.34. The molecule has 4 nitrogen and oxygen atoms in total. The molecule has 0 bridgehead atoms. The maximum atomic E-state index is 13.5. The lowest BCUT2D eigenvalue weighted by Crippen LogP contribution is -2.42.